The van der Waals surface area contributed by atoms with Crippen LogP contribution < -0.4 is 10.6 Å². The summed E-state index contributed by atoms with van der Waals surface area (Å²) >= 11 is 0. The quantitative estimate of drug-likeness (QED) is 0.770. The Bertz CT molecular complexity index is 297. The molecule has 1 saturated heterocycles. The number of hydrogen-bond donors (Lipinski definition) is 2. The Kier molecular flexibility index (Phi) is 5.48. The van der Waals surface area contributed by atoms with Crippen molar-refractivity contribution in [3.63, 3.8) is 0 Å². The number of amides is 1. The second-order valence-electron chi connectivity index (χ2n) is 6.24. The van der Waals surface area contributed by atoms with Crippen LogP contribution in [-0.4, -0.2) is 49.1 Å². The lowest BCUT2D eigenvalue weighted by molar-refractivity contribution is -0.122. The molecule has 2 aliphatic carbocycles. The zero-order valence-electron chi connectivity index (χ0n) is 11.6. The third kappa shape index (κ3) is 5.28. The fraction of sp³-hybridized carbons (Fsp3) is 0.929. The topological polar surface area (TPSA) is 44.4 Å². The first-order chi connectivity index (χ1) is 8.79. The summed E-state index contributed by atoms with van der Waals surface area (Å²) in [5, 5.41) is 6.74. The molecule has 0 radical (unpaired) electrons. The van der Waals surface area contributed by atoms with Crippen LogP contribution in [0.1, 0.15) is 38.5 Å². The van der Waals surface area contributed by atoms with Gasteiger partial charge >= 0.3 is 0 Å². The van der Waals surface area contributed by atoms with Crippen LogP contribution in [0.4, 0.5) is 0 Å². The minimum Gasteiger partial charge on any atom is -0.352 e. The second-order valence-corrected chi connectivity index (χ2v) is 6.24. The molecule has 0 spiro atoms. The van der Waals surface area contributed by atoms with Gasteiger partial charge in [-0.1, -0.05) is 0 Å². The summed E-state index contributed by atoms with van der Waals surface area (Å²) in [6.07, 6.45) is 7.60. The third-order valence-corrected chi connectivity index (χ3v) is 4.29. The molecule has 4 nitrogen and oxygen atoms in total. The molecule has 1 amide bonds. The lowest BCUT2D eigenvalue weighted by atomic mass is 10.0. The molecule has 0 atom stereocenters. The van der Waals surface area contributed by atoms with Gasteiger partial charge in [0.25, 0.3) is 0 Å². The summed E-state index contributed by atoms with van der Waals surface area (Å²) in [6, 6.07) is 1.18. The Labute approximate surface area is 122 Å². The van der Waals surface area contributed by atoms with Gasteiger partial charge in [0.05, 0.1) is 6.54 Å². The van der Waals surface area contributed by atoms with Crippen molar-refractivity contribution in [3.05, 3.63) is 0 Å². The number of nitrogens with one attached hydrogen (secondary N) is 2. The highest BCUT2D eigenvalue weighted by molar-refractivity contribution is 5.85. The van der Waals surface area contributed by atoms with Gasteiger partial charge in [0.15, 0.2) is 0 Å². The molecule has 0 bridgehead atoms. The summed E-state index contributed by atoms with van der Waals surface area (Å²) in [7, 11) is 0. The molecule has 0 aromatic rings. The van der Waals surface area contributed by atoms with Gasteiger partial charge < -0.3 is 10.6 Å². The maximum Gasteiger partial charge on any atom is 0.234 e. The van der Waals surface area contributed by atoms with Gasteiger partial charge in [-0.25, -0.2) is 0 Å². The largest absolute Gasteiger partial charge is 0.352 e. The predicted octanol–water partition coefficient (Wildman–Crippen LogP) is 1.15. The first kappa shape index (κ1) is 15.1. The normalized spacial score (nSPS) is 24.8. The van der Waals surface area contributed by atoms with E-state index < -0.39 is 0 Å². The van der Waals surface area contributed by atoms with Crippen LogP contribution in [0.3, 0.4) is 0 Å². The van der Waals surface area contributed by atoms with Crippen LogP contribution in [0.2, 0.25) is 0 Å². The average Bonchev–Trinajstić information content (AvgIpc) is 3.23. The van der Waals surface area contributed by atoms with Gasteiger partial charge in [-0.3, -0.25) is 9.69 Å². The van der Waals surface area contributed by atoms with Gasteiger partial charge in [0, 0.05) is 25.2 Å². The van der Waals surface area contributed by atoms with Gasteiger partial charge in [-0.2, -0.15) is 0 Å². The number of hydrogen-bond acceptors (Lipinski definition) is 3. The van der Waals surface area contributed by atoms with Crippen LogP contribution >= 0.6 is 12.4 Å². The van der Waals surface area contributed by atoms with Crippen LogP contribution in [-0.2, 0) is 4.79 Å². The molecule has 0 unspecified atom stereocenters. The lowest BCUT2D eigenvalue weighted by Crippen LogP contribution is -2.46. The van der Waals surface area contributed by atoms with Crippen molar-refractivity contribution in [2.75, 3.05) is 26.2 Å². The highest BCUT2D eigenvalue weighted by Crippen LogP contribution is 2.28. The molecule has 1 heterocycles. The van der Waals surface area contributed by atoms with Crippen molar-refractivity contribution in [1.82, 2.24) is 15.5 Å². The molecular weight excluding hydrogens is 262 g/mol. The standard InChI is InChI=1S/C14H25N3O.ClH/c18-14(16-13-3-4-13)10-17-7-5-12(6-8-17)15-9-11-1-2-11;/h11-13,15H,1-10H2,(H,16,18);1H. The highest BCUT2D eigenvalue weighted by atomic mass is 35.5. The summed E-state index contributed by atoms with van der Waals surface area (Å²) in [5.74, 6) is 1.19. The van der Waals surface area contributed by atoms with Gasteiger partial charge in [-0.15, -0.1) is 12.4 Å². The fourth-order valence-electron chi connectivity index (χ4n) is 2.65. The smallest absolute Gasteiger partial charge is 0.234 e. The van der Waals surface area contributed by atoms with E-state index in [1.54, 1.807) is 0 Å². The number of likely N-dealkylation sites (tertiary alicyclic amines) is 1. The van der Waals surface area contributed by atoms with Crippen molar-refractivity contribution in [2.45, 2.75) is 50.6 Å². The van der Waals surface area contributed by atoms with Crippen molar-refractivity contribution in [1.29, 1.82) is 0 Å². The molecule has 2 saturated carbocycles. The molecule has 3 aliphatic rings. The Balaban J connectivity index is 0.00000133. The number of halogens is 1. The lowest BCUT2D eigenvalue weighted by Gasteiger charge is -2.32. The number of piperidine rings is 1. The summed E-state index contributed by atoms with van der Waals surface area (Å²) in [6.45, 7) is 3.96. The fourth-order valence-corrected chi connectivity index (χ4v) is 2.65. The van der Waals surface area contributed by atoms with Gasteiger partial charge in [-0.05, 0) is 51.0 Å². The average molecular weight is 288 g/mol. The number of nitrogens with zero attached hydrogens (tertiary/aromatic N) is 1. The van der Waals surface area contributed by atoms with E-state index in [0.29, 0.717) is 18.6 Å². The van der Waals surface area contributed by atoms with Crippen LogP contribution in [0.5, 0.6) is 0 Å². The minimum absolute atomic E-state index is 0. The molecule has 3 fully saturated rings. The highest BCUT2D eigenvalue weighted by Gasteiger charge is 2.26. The third-order valence-electron chi connectivity index (χ3n) is 4.29. The van der Waals surface area contributed by atoms with E-state index in [-0.39, 0.29) is 18.3 Å². The molecule has 19 heavy (non-hydrogen) atoms. The van der Waals surface area contributed by atoms with E-state index in [2.05, 4.69) is 15.5 Å². The van der Waals surface area contributed by atoms with Crippen molar-refractivity contribution in [3.8, 4) is 0 Å². The van der Waals surface area contributed by atoms with Gasteiger partial charge in [0.1, 0.15) is 0 Å². The van der Waals surface area contributed by atoms with Gasteiger partial charge in [0.2, 0.25) is 5.91 Å². The first-order valence-electron chi connectivity index (χ1n) is 7.55. The number of carbonyl (C=O) groups is 1. The monoisotopic (exact) mass is 287 g/mol. The zero-order chi connectivity index (χ0) is 12.4. The Morgan fingerprint density at radius 1 is 1.00 bits per heavy atom. The SMILES string of the molecule is Cl.O=C(CN1CCC(NCC2CC2)CC1)NC1CC1. The molecule has 0 aromatic carbocycles. The van der Waals surface area contributed by atoms with Crippen molar-refractivity contribution >= 4 is 18.3 Å². The summed E-state index contributed by atoms with van der Waals surface area (Å²) < 4.78 is 0. The molecule has 2 N–H and O–H groups in total. The van der Waals surface area contributed by atoms with E-state index in [1.807, 2.05) is 0 Å². The maximum absolute atomic E-state index is 11.7. The van der Waals surface area contributed by atoms with Crippen LogP contribution in [0, 0.1) is 5.92 Å². The number of carbonyl (C=O) groups excluding carboxylic acids is 1. The molecule has 110 valence electrons. The van der Waals surface area contributed by atoms with Crippen molar-refractivity contribution in [2.24, 2.45) is 5.92 Å². The molecule has 0 aromatic heterocycles. The zero-order valence-corrected chi connectivity index (χ0v) is 12.4. The summed E-state index contributed by atoms with van der Waals surface area (Å²) in [5.41, 5.74) is 0. The van der Waals surface area contributed by atoms with E-state index in [9.17, 15) is 4.79 Å². The molecular formula is C14H26ClN3O. The molecule has 3 rings (SSSR count). The number of rotatable bonds is 6. The van der Waals surface area contributed by atoms with E-state index in [0.717, 1.165) is 19.0 Å². The Morgan fingerprint density at radius 3 is 2.26 bits per heavy atom. The molecule has 5 heteroatoms. The van der Waals surface area contributed by atoms with E-state index in [1.165, 1.54) is 45.1 Å². The predicted molar refractivity (Wildman–Crippen MR) is 78.6 cm³/mol. The Morgan fingerprint density at radius 2 is 1.68 bits per heavy atom. The van der Waals surface area contributed by atoms with E-state index in [4.69, 9.17) is 0 Å². The van der Waals surface area contributed by atoms with Crippen LogP contribution in [0.25, 0.3) is 0 Å². The van der Waals surface area contributed by atoms with Crippen LogP contribution in [0.15, 0.2) is 0 Å². The first-order valence-corrected chi connectivity index (χ1v) is 7.55. The van der Waals surface area contributed by atoms with E-state index >= 15 is 0 Å². The summed E-state index contributed by atoms with van der Waals surface area (Å²) in [4.78, 5) is 14.0. The molecule has 1 aliphatic heterocycles. The Hall–Kier alpha value is -0.320. The van der Waals surface area contributed by atoms with Crippen molar-refractivity contribution < 1.29 is 4.79 Å². The minimum atomic E-state index is 0. The maximum atomic E-state index is 11.7. The second kappa shape index (κ2) is 6.91.